The summed E-state index contributed by atoms with van der Waals surface area (Å²) in [6.07, 6.45) is -12.9. The van der Waals surface area contributed by atoms with Gasteiger partial charge in [0.25, 0.3) is 0 Å². The number of carbonyl (C=O) groups excluding carboxylic acids is 4. The number of hydrogen-bond donors (Lipinski definition) is 1. The summed E-state index contributed by atoms with van der Waals surface area (Å²) in [5.74, 6) is -35.2. The maximum Gasteiger partial charge on any atom is 0.460 e. The van der Waals surface area contributed by atoms with E-state index in [0.29, 0.717) is 41.7 Å². The van der Waals surface area contributed by atoms with Gasteiger partial charge in [-0.15, -0.1) is 13.2 Å². The zero-order chi connectivity index (χ0) is 84.7. The van der Waals surface area contributed by atoms with Crippen LogP contribution in [0.15, 0.2) is 86.0 Å². The van der Waals surface area contributed by atoms with Gasteiger partial charge in [0.05, 0.1) is 50.5 Å². The molecule has 4 bridgehead atoms. The standard InChI is InChI=1S/C40H38F7N3O7.C39H36F7N3O8.C2H4.CH4/c1-19-13-23-14-25-27(16-48)50-26(32(49(25)4)30(23)20(2)33(19)53-5)15-24-31(28(50)17-54-29(51)12-11-22-9-7-6-8-10-22)36-35(55-18-56-36)21(3)34(24)57-37(52)38(41,42)39(43,44)40(45,46)47;1-18-12-21-13-23-25(15-47)49-24(30(48(23)3)28(21)31(51)32(18)53-4)14-22-29(26(49)16-54-27(50)11-10-20-8-6-5-7-9-20)35-34(55-17-56-35)19(2)33(22)57-36(52)37(40,41)38(42,43)39(44,45)46;1-2;/h6-10,13,25-28,32H,11-12,14-15,17-18H2,1-5H3;5-9,12,23-26,30,51H,10-11,13-14,16-17H2,1-4H3;1-2H2;1H4/t25-,26?,27-,28-,32-;23-,24?,25-,26-,30-;;/m00../s1. The molecule has 8 aliphatic heterocycles. The van der Waals surface area contributed by atoms with Crippen molar-refractivity contribution in [3.05, 3.63) is 169 Å². The molecule has 0 aromatic heterocycles. The van der Waals surface area contributed by atoms with Crippen molar-refractivity contribution in [2.45, 2.75) is 190 Å². The predicted molar refractivity (Wildman–Crippen MR) is 388 cm³/mol. The Hall–Kier alpha value is -10.6. The molecule has 628 valence electrons. The van der Waals surface area contributed by atoms with Crippen molar-refractivity contribution in [2.24, 2.45) is 0 Å². The Morgan fingerprint density at radius 2 is 0.863 bits per heavy atom. The zero-order valence-electron chi connectivity index (χ0n) is 63.7. The molecule has 1 N–H and O–H groups in total. The molecule has 2 fully saturated rings. The van der Waals surface area contributed by atoms with Crippen LogP contribution in [0.3, 0.4) is 0 Å². The molecule has 2 saturated heterocycles. The lowest BCUT2D eigenvalue weighted by Gasteiger charge is -2.60. The number of esters is 4. The van der Waals surface area contributed by atoms with Crippen molar-refractivity contribution in [3.8, 4) is 63.9 Å². The van der Waals surface area contributed by atoms with E-state index in [2.05, 4.69) is 25.3 Å². The number of phenols is 1. The van der Waals surface area contributed by atoms with Gasteiger partial charge in [-0.2, -0.15) is 72.0 Å². The number of alkyl halides is 14. The number of aromatic hydroxyl groups is 1. The normalized spacial score (nSPS) is 22.3. The summed E-state index contributed by atoms with van der Waals surface area (Å²) in [6, 6.07) is 18.5. The van der Waals surface area contributed by atoms with Crippen molar-refractivity contribution in [2.75, 3.05) is 55.1 Å². The van der Waals surface area contributed by atoms with Crippen LogP contribution < -0.4 is 37.9 Å². The number of piperazine rings is 2. The molecule has 6 aromatic carbocycles. The van der Waals surface area contributed by atoms with Gasteiger partial charge in [-0.25, -0.2) is 9.59 Å². The topological polar surface area (TPSA) is 241 Å². The minimum absolute atomic E-state index is 0. The van der Waals surface area contributed by atoms with Crippen molar-refractivity contribution in [1.82, 2.24) is 19.6 Å². The van der Waals surface area contributed by atoms with Crippen LogP contribution in [0, 0.1) is 57.3 Å². The van der Waals surface area contributed by atoms with Gasteiger partial charge in [0.1, 0.15) is 42.5 Å². The molecular weight excluding hydrogens is 1570 g/mol. The van der Waals surface area contributed by atoms with Crippen LogP contribution in [-0.4, -0.2) is 176 Å². The summed E-state index contributed by atoms with van der Waals surface area (Å²) < 4.78 is 251. The first-order valence-corrected chi connectivity index (χ1v) is 36.4. The highest BCUT2D eigenvalue weighted by molar-refractivity contribution is 5.84. The fourth-order valence-electron chi connectivity index (χ4n) is 17.8. The van der Waals surface area contributed by atoms with E-state index in [-0.39, 0.29) is 107 Å². The van der Waals surface area contributed by atoms with E-state index in [9.17, 15) is 96.3 Å². The number of methoxy groups -OCH3 is 2. The molecule has 0 amide bonds. The van der Waals surface area contributed by atoms with Crippen LogP contribution in [0.4, 0.5) is 61.5 Å². The first kappa shape index (κ1) is 87.2. The smallest absolute Gasteiger partial charge is 0.460 e. The third-order valence-electron chi connectivity index (χ3n) is 22.9. The molecule has 8 heterocycles. The molecule has 2 unspecified atom stereocenters. The second kappa shape index (κ2) is 32.7. The van der Waals surface area contributed by atoms with Gasteiger partial charge in [-0.3, -0.25) is 29.2 Å². The lowest BCUT2D eigenvalue weighted by atomic mass is 9.71. The Bertz CT molecular complexity index is 4640. The maximum absolute atomic E-state index is 14.9. The van der Waals surface area contributed by atoms with Gasteiger partial charge in [0, 0.05) is 76.0 Å². The first-order chi connectivity index (χ1) is 54.7. The van der Waals surface area contributed by atoms with E-state index < -0.39 is 159 Å². The highest BCUT2D eigenvalue weighted by Crippen LogP contribution is 2.62. The summed E-state index contributed by atoms with van der Waals surface area (Å²) in [7, 11) is 6.43. The number of phenolic OH excluding ortho intramolecular Hbond substituents is 1. The number of aryl methyl sites for hydroxylation is 4. The van der Waals surface area contributed by atoms with Gasteiger partial charge in [-0.05, 0) is 132 Å². The molecule has 0 aliphatic carbocycles. The molecule has 6 aromatic rings. The molecule has 0 spiro atoms. The molecule has 117 heavy (non-hydrogen) atoms. The summed E-state index contributed by atoms with van der Waals surface area (Å²) in [5.41, 5.74) is 6.35. The largest absolute Gasteiger partial charge is 0.504 e. The fourth-order valence-corrected chi connectivity index (χ4v) is 17.8. The van der Waals surface area contributed by atoms with Crippen molar-refractivity contribution >= 4 is 23.9 Å². The number of ether oxygens (including phenoxy) is 10. The highest BCUT2D eigenvalue weighted by atomic mass is 19.4. The number of halogens is 14. The average molecular weight is 1660 g/mol. The number of fused-ring (bicyclic) bond motifs is 18. The lowest BCUT2D eigenvalue weighted by Crippen LogP contribution is -2.68. The average Bonchev–Trinajstić information content (AvgIpc) is 1.49. The zero-order valence-corrected chi connectivity index (χ0v) is 63.7. The summed E-state index contributed by atoms with van der Waals surface area (Å²) in [6.45, 7) is 12.2. The van der Waals surface area contributed by atoms with Crippen LogP contribution >= 0.6 is 0 Å². The predicted octanol–water partition coefficient (Wildman–Crippen LogP) is 14.9. The lowest BCUT2D eigenvalue weighted by molar-refractivity contribution is -0.346. The molecule has 0 saturated carbocycles. The summed E-state index contributed by atoms with van der Waals surface area (Å²) in [4.78, 5) is 59.8. The van der Waals surface area contributed by atoms with Gasteiger partial charge in [0.15, 0.2) is 34.5 Å². The Morgan fingerprint density at radius 3 is 1.23 bits per heavy atom. The molecule has 8 aliphatic rings. The van der Waals surface area contributed by atoms with Gasteiger partial charge in [0.2, 0.25) is 13.6 Å². The Labute approximate surface area is 663 Å². The molecule has 14 rings (SSSR count). The van der Waals surface area contributed by atoms with E-state index in [1.807, 2.05) is 96.3 Å². The SMILES string of the molecule is C.C=C.COc1c(C)cc2c(c1C)[C@@H]1C3Cc4c(OC(=O)C(F)(F)C(F)(F)C(F)(F)F)c(C)c5c(c4[C@H](COC(=O)CCc4ccccc4)N3[C@@H](C#N)[C@H](C2)N1C)OCO5.COc1c(C)cc2c(c1O)[C@@H]1C3Cc4c(OC(=O)C(F)(F)C(F)(F)C(F)(F)F)c(C)c5c(c4[C@H](COC(=O)CCc4ccccc4)N3[C@@H](C#N)[C@H](C2)N1C)OCO5. The monoisotopic (exact) mass is 1660 g/mol. The van der Waals surface area contributed by atoms with E-state index in [1.54, 1.807) is 31.0 Å². The minimum atomic E-state index is -6.82. The number of nitrogens with zero attached hydrogens (tertiary/aromatic N) is 6. The van der Waals surface area contributed by atoms with Crippen molar-refractivity contribution < 1.29 is 133 Å². The number of hydrogen-bond acceptors (Lipinski definition) is 21. The van der Waals surface area contributed by atoms with E-state index in [4.69, 9.17) is 47.4 Å². The number of benzene rings is 6. The second-order valence-corrected chi connectivity index (χ2v) is 29.2. The van der Waals surface area contributed by atoms with E-state index in [0.717, 1.165) is 33.4 Å². The van der Waals surface area contributed by atoms with Gasteiger partial charge in [-0.1, -0.05) is 80.2 Å². The second-order valence-electron chi connectivity index (χ2n) is 29.2. The van der Waals surface area contributed by atoms with Gasteiger partial charge < -0.3 is 52.5 Å². The number of nitriles is 2. The van der Waals surface area contributed by atoms with Crippen LogP contribution in [-0.2, 0) is 67.2 Å². The Balaban J connectivity index is 0.000000223. The number of likely N-dealkylation sites (N-methyl/N-ethyl adjacent to an activating group) is 2. The Morgan fingerprint density at radius 1 is 0.504 bits per heavy atom. The van der Waals surface area contributed by atoms with Crippen LogP contribution in [0.2, 0.25) is 0 Å². The van der Waals surface area contributed by atoms with Crippen molar-refractivity contribution in [1.29, 1.82) is 10.5 Å². The molecule has 35 heteroatoms. The molecular formula is C82H82F14N6O15. The minimum Gasteiger partial charge on any atom is -0.504 e. The van der Waals surface area contributed by atoms with Gasteiger partial charge >= 0.3 is 59.9 Å². The third kappa shape index (κ3) is 14.6. The van der Waals surface area contributed by atoms with Crippen LogP contribution in [0.25, 0.3) is 0 Å². The number of rotatable bonds is 18. The fraction of sp³-hybridized carbons (Fsp3) is 0.463. The molecule has 21 nitrogen and oxygen atoms in total. The van der Waals surface area contributed by atoms with E-state index in [1.165, 1.54) is 28.1 Å². The number of carbonyl (C=O) groups is 4. The van der Waals surface area contributed by atoms with Crippen molar-refractivity contribution in [3.63, 3.8) is 0 Å². The maximum atomic E-state index is 14.9. The quantitative estimate of drug-likeness (QED) is 0.0364. The van der Waals surface area contributed by atoms with Crippen LogP contribution in [0.1, 0.15) is 128 Å². The van der Waals surface area contributed by atoms with Crippen LogP contribution in [0.5, 0.6) is 51.7 Å². The highest BCUT2D eigenvalue weighted by Gasteiger charge is 2.79. The summed E-state index contributed by atoms with van der Waals surface area (Å²) >= 11 is 0. The molecule has 0 radical (unpaired) electrons. The third-order valence-corrected chi connectivity index (χ3v) is 22.9. The summed E-state index contributed by atoms with van der Waals surface area (Å²) in [5, 5.41) is 33.4. The molecule has 10 atom stereocenters. The first-order valence-electron chi connectivity index (χ1n) is 36.4. The Kier molecular flexibility index (Phi) is 24.4. The van der Waals surface area contributed by atoms with E-state index >= 15 is 0 Å².